The Balaban J connectivity index is 1.57. The molecule has 0 radical (unpaired) electrons. The molecule has 0 saturated heterocycles. The molecule has 0 fully saturated rings. The molecule has 8 heteroatoms. The van der Waals surface area contributed by atoms with Gasteiger partial charge in [-0.2, -0.15) is 4.98 Å². The highest BCUT2D eigenvalue weighted by Gasteiger charge is 2.22. The molecule has 0 aliphatic rings. The molecule has 0 bridgehead atoms. The Kier molecular flexibility index (Phi) is 6.58. The first kappa shape index (κ1) is 22.0. The molecular formula is C22H27N3O4S. The first-order valence-corrected chi connectivity index (χ1v) is 11.2. The van der Waals surface area contributed by atoms with Crippen LogP contribution in [0.2, 0.25) is 0 Å². The van der Waals surface area contributed by atoms with Crippen molar-refractivity contribution in [3.63, 3.8) is 0 Å². The van der Waals surface area contributed by atoms with E-state index in [0.717, 1.165) is 5.56 Å². The largest absolute Gasteiger partial charge is 0.484 e. The van der Waals surface area contributed by atoms with Crippen LogP contribution >= 0.6 is 0 Å². The Morgan fingerprint density at radius 2 is 1.70 bits per heavy atom. The average Bonchev–Trinajstić information content (AvgIpc) is 3.18. The minimum atomic E-state index is -3.59. The number of benzene rings is 2. The van der Waals surface area contributed by atoms with E-state index in [1.54, 1.807) is 19.2 Å². The van der Waals surface area contributed by atoms with Gasteiger partial charge in [-0.1, -0.05) is 56.3 Å². The van der Waals surface area contributed by atoms with E-state index in [-0.39, 0.29) is 23.5 Å². The number of aromatic nitrogens is 2. The van der Waals surface area contributed by atoms with Crippen LogP contribution in [0.1, 0.15) is 38.0 Å². The van der Waals surface area contributed by atoms with Crippen LogP contribution in [0.3, 0.4) is 0 Å². The van der Waals surface area contributed by atoms with Crippen molar-refractivity contribution in [2.75, 3.05) is 13.6 Å². The fourth-order valence-corrected chi connectivity index (χ4v) is 3.97. The molecule has 7 nitrogen and oxygen atoms in total. The molecule has 1 heterocycles. The van der Waals surface area contributed by atoms with Gasteiger partial charge in [-0.25, -0.2) is 12.7 Å². The molecule has 160 valence electrons. The maximum atomic E-state index is 12.8. The van der Waals surface area contributed by atoms with Crippen molar-refractivity contribution in [1.29, 1.82) is 0 Å². The fourth-order valence-electron chi connectivity index (χ4n) is 2.80. The highest BCUT2D eigenvalue weighted by atomic mass is 32.2. The topological polar surface area (TPSA) is 85.5 Å². The van der Waals surface area contributed by atoms with Crippen LogP contribution in [0.25, 0.3) is 0 Å². The van der Waals surface area contributed by atoms with Crippen LogP contribution in [-0.2, 0) is 28.5 Å². The summed E-state index contributed by atoms with van der Waals surface area (Å²) >= 11 is 0. The number of hydrogen-bond acceptors (Lipinski definition) is 6. The summed E-state index contributed by atoms with van der Waals surface area (Å²) in [5.74, 6) is 1.49. The molecule has 0 N–H and O–H groups in total. The Morgan fingerprint density at radius 3 is 2.33 bits per heavy atom. The van der Waals surface area contributed by atoms with Gasteiger partial charge in [-0.15, -0.1) is 0 Å². The molecule has 3 rings (SSSR count). The molecule has 2 aromatic carbocycles. The Hall–Kier alpha value is -2.71. The number of para-hydroxylation sites is 1. The summed E-state index contributed by atoms with van der Waals surface area (Å²) in [7, 11) is -2.04. The van der Waals surface area contributed by atoms with Gasteiger partial charge in [0.25, 0.3) is 5.89 Å². The SMILES string of the molecule is CN(CCc1noc(COc2ccccc2)n1)S(=O)(=O)c1ccc(C(C)(C)C)cc1. The van der Waals surface area contributed by atoms with Gasteiger partial charge in [-0.05, 0) is 35.2 Å². The lowest BCUT2D eigenvalue weighted by atomic mass is 9.87. The van der Waals surface area contributed by atoms with Gasteiger partial charge in [0.1, 0.15) is 5.75 Å². The molecule has 0 aliphatic heterocycles. The lowest BCUT2D eigenvalue weighted by Gasteiger charge is -2.20. The first-order valence-electron chi connectivity index (χ1n) is 9.72. The second-order valence-electron chi connectivity index (χ2n) is 8.06. The van der Waals surface area contributed by atoms with Gasteiger partial charge < -0.3 is 9.26 Å². The third-order valence-corrected chi connectivity index (χ3v) is 6.57. The molecule has 0 amide bonds. The lowest BCUT2D eigenvalue weighted by Crippen LogP contribution is -2.29. The van der Waals surface area contributed by atoms with Crippen LogP contribution in [0.5, 0.6) is 5.75 Å². The molecule has 0 unspecified atom stereocenters. The molecule has 30 heavy (non-hydrogen) atoms. The Morgan fingerprint density at radius 1 is 1.03 bits per heavy atom. The third kappa shape index (κ3) is 5.46. The Labute approximate surface area is 177 Å². The second-order valence-corrected chi connectivity index (χ2v) is 10.1. The summed E-state index contributed by atoms with van der Waals surface area (Å²) in [5, 5.41) is 3.91. The van der Waals surface area contributed by atoms with Crippen LogP contribution in [0.4, 0.5) is 0 Å². The van der Waals surface area contributed by atoms with Crippen molar-refractivity contribution in [3.05, 3.63) is 71.9 Å². The van der Waals surface area contributed by atoms with Crippen molar-refractivity contribution in [3.8, 4) is 5.75 Å². The number of hydrogen-bond donors (Lipinski definition) is 0. The van der Waals surface area contributed by atoms with Gasteiger partial charge in [0.2, 0.25) is 10.0 Å². The van der Waals surface area contributed by atoms with Crippen molar-refractivity contribution >= 4 is 10.0 Å². The summed E-state index contributed by atoms with van der Waals surface area (Å²) in [6.45, 7) is 6.67. The van der Waals surface area contributed by atoms with Gasteiger partial charge in [0.05, 0.1) is 4.90 Å². The second kappa shape index (κ2) is 8.97. The normalized spacial score (nSPS) is 12.3. The zero-order valence-electron chi connectivity index (χ0n) is 17.7. The van der Waals surface area contributed by atoms with Crippen molar-refractivity contribution < 1.29 is 17.7 Å². The van der Waals surface area contributed by atoms with E-state index in [9.17, 15) is 8.42 Å². The van der Waals surface area contributed by atoms with Crippen LogP contribution in [-0.4, -0.2) is 36.5 Å². The van der Waals surface area contributed by atoms with Crippen molar-refractivity contribution in [2.24, 2.45) is 0 Å². The van der Waals surface area contributed by atoms with Crippen molar-refractivity contribution in [2.45, 2.75) is 44.1 Å². The zero-order chi connectivity index (χ0) is 21.8. The summed E-state index contributed by atoms with van der Waals surface area (Å²) in [5.41, 5.74) is 1.05. The highest BCUT2D eigenvalue weighted by Crippen LogP contribution is 2.24. The van der Waals surface area contributed by atoms with Crippen LogP contribution in [0, 0.1) is 0 Å². The molecular weight excluding hydrogens is 402 g/mol. The molecule has 1 aromatic heterocycles. The number of ether oxygens (including phenoxy) is 1. The quantitative estimate of drug-likeness (QED) is 0.541. The fraction of sp³-hybridized carbons (Fsp3) is 0.364. The third-order valence-electron chi connectivity index (χ3n) is 4.69. The van der Waals surface area contributed by atoms with E-state index in [2.05, 4.69) is 30.9 Å². The molecule has 0 spiro atoms. The van der Waals surface area contributed by atoms with E-state index in [1.807, 2.05) is 42.5 Å². The first-order chi connectivity index (χ1) is 14.2. The smallest absolute Gasteiger partial charge is 0.264 e. The molecule has 0 saturated carbocycles. The van der Waals surface area contributed by atoms with E-state index >= 15 is 0 Å². The van der Waals surface area contributed by atoms with Gasteiger partial charge in [0.15, 0.2) is 12.4 Å². The van der Waals surface area contributed by atoms with Gasteiger partial charge in [0, 0.05) is 20.0 Å². The molecule has 3 aromatic rings. The number of nitrogens with zero attached hydrogens (tertiary/aromatic N) is 3. The molecule has 0 aliphatic carbocycles. The Bertz CT molecular complexity index is 1060. The summed E-state index contributed by atoms with van der Waals surface area (Å²) in [6, 6.07) is 16.4. The maximum Gasteiger partial charge on any atom is 0.264 e. The van der Waals surface area contributed by atoms with E-state index in [1.165, 1.54) is 4.31 Å². The minimum absolute atomic E-state index is 0.0330. The standard InChI is InChI=1S/C22H27N3O4S/c1-22(2,3)17-10-12-19(13-11-17)30(26,27)25(4)15-14-20-23-21(29-24-20)16-28-18-8-6-5-7-9-18/h5-13H,14-16H2,1-4H3. The van der Waals surface area contributed by atoms with E-state index < -0.39 is 10.0 Å². The lowest BCUT2D eigenvalue weighted by molar-refractivity contribution is 0.242. The van der Waals surface area contributed by atoms with Crippen LogP contribution < -0.4 is 4.74 Å². The van der Waals surface area contributed by atoms with Crippen molar-refractivity contribution in [1.82, 2.24) is 14.4 Å². The van der Waals surface area contributed by atoms with Crippen LogP contribution in [0.15, 0.2) is 64.0 Å². The number of likely N-dealkylation sites (N-methyl/N-ethyl adjacent to an activating group) is 1. The predicted octanol–water partition coefficient (Wildman–Crippen LogP) is 3.81. The number of sulfonamides is 1. The summed E-state index contributed by atoms with van der Waals surface area (Å²) < 4.78 is 37.7. The average molecular weight is 430 g/mol. The van der Waals surface area contributed by atoms with E-state index in [4.69, 9.17) is 9.26 Å². The monoisotopic (exact) mass is 429 g/mol. The summed E-state index contributed by atoms with van der Waals surface area (Å²) in [4.78, 5) is 4.53. The van der Waals surface area contributed by atoms with Gasteiger partial charge >= 0.3 is 0 Å². The molecule has 0 atom stereocenters. The minimum Gasteiger partial charge on any atom is -0.484 e. The summed E-state index contributed by atoms with van der Waals surface area (Å²) in [6.07, 6.45) is 0.338. The number of rotatable bonds is 8. The highest BCUT2D eigenvalue weighted by molar-refractivity contribution is 7.89. The van der Waals surface area contributed by atoms with E-state index in [0.29, 0.717) is 23.9 Å². The predicted molar refractivity (Wildman–Crippen MR) is 114 cm³/mol. The maximum absolute atomic E-state index is 12.8. The zero-order valence-corrected chi connectivity index (χ0v) is 18.5. The van der Waals surface area contributed by atoms with Gasteiger partial charge in [-0.3, -0.25) is 0 Å².